The lowest BCUT2D eigenvalue weighted by atomic mass is 10.1. The van der Waals surface area contributed by atoms with Crippen LogP contribution in [0.15, 0.2) is 61.1 Å². The van der Waals surface area contributed by atoms with Gasteiger partial charge in [0.2, 0.25) is 0 Å². The maximum atomic E-state index is 12.4. The van der Waals surface area contributed by atoms with E-state index in [0.29, 0.717) is 17.1 Å². The number of rotatable bonds is 5. The van der Waals surface area contributed by atoms with E-state index in [-0.39, 0.29) is 5.78 Å². The molecule has 0 atom stereocenters. The largest absolute Gasteiger partial charge is 0.324 e. The Morgan fingerprint density at radius 3 is 2.78 bits per heavy atom. The molecule has 1 aromatic carbocycles. The summed E-state index contributed by atoms with van der Waals surface area (Å²) in [6, 6.07) is 11.4. The second-order valence-corrected chi connectivity index (χ2v) is 5.44. The van der Waals surface area contributed by atoms with Crippen molar-refractivity contribution < 1.29 is 4.79 Å². The van der Waals surface area contributed by atoms with Gasteiger partial charge in [-0.05, 0) is 43.3 Å². The van der Waals surface area contributed by atoms with Crippen LogP contribution in [0.1, 0.15) is 23.0 Å². The Labute approximate surface area is 139 Å². The van der Waals surface area contributed by atoms with Crippen LogP contribution in [0.4, 0.5) is 0 Å². The predicted molar refractivity (Wildman–Crippen MR) is 92.0 cm³/mol. The van der Waals surface area contributed by atoms with Crippen molar-refractivity contribution in [2.75, 3.05) is 0 Å². The lowest BCUT2D eigenvalue weighted by molar-refractivity contribution is 0.104. The summed E-state index contributed by atoms with van der Waals surface area (Å²) in [5, 5.41) is 4.69. The molecule has 23 heavy (non-hydrogen) atoms. The molecule has 0 radical (unpaired) electrons. The molecule has 3 rings (SSSR count). The van der Waals surface area contributed by atoms with Crippen molar-refractivity contribution in [3.63, 3.8) is 0 Å². The summed E-state index contributed by atoms with van der Waals surface area (Å²) in [5.41, 5.74) is 2.32. The minimum absolute atomic E-state index is 0.0704. The van der Waals surface area contributed by atoms with Crippen LogP contribution >= 0.6 is 11.6 Å². The number of allylic oxidation sites excluding steroid dienone is 1. The first-order valence-electron chi connectivity index (χ1n) is 7.36. The van der Waals surface area contributed by atoms with Crippen molar-refractivity contribution in [3.05, 3.63) is 77.3 Å². The van der Waals surface area contributed by atoms with E-state index in [0.717, 1.165) is 11.4 Å². The van der Waals surface area contributed by atoms with E-state index in [1.807, 2.05) is 54.2 Å². The van der Waals surface area contributed by atoms with Crippen LogP contribution in [0.5, 0.6) is 0 Å². The van der Waals surface area contributed by atoms with Gasteiger partial charge in [0.1, 0.15) is 0 Å². The molecule has 0 fully saturated rings. The Balaban J connectivity index is 1.85. The van der Waals surface area contributed by atoms with Gasteiger partial charge in [-0.15, -0.1) is 0 Å². The second-order valence-electron chi connectivity index (χ2n) is 5.03. The second kappa shape index (κ2) is 6.67. The molecule has 4 nitrogen and oxygen atoms in total. The molecule has 0 N–H and O–H groups in total. The summed E-state index contributed by atoms with van der Waals surface area (Å²) in [7, 11) is 0. The Morgan fingerprint density at radius 1 is 1.26 bits per heavy atom. The minimum atomic E-state index is -0.0704. The van der Waals surface area contributed by atoms with Crippen molar-refractivity contribution in [3.8, 4) is 5.69 Å². The molecule has 0 saturated heterocycles. The van der Waals surface area contributed by atoms with Gasteiger partial charge in [-0.1, -0.05) is 23.7 Å². The van der Waals surface area contributed by atoms with E-state index in [2.05, 4.69) is 5.10 Å². The molecule has 2 heterocycles. The molecular weight excluding hydrogens is 310 g/mol. The fraction of sp³-hybridized carbons (Fsp3) is 0.111. The van der Waals surface area contributed by atoms with Gasteiger partial charge >= 0.3 is 0 Å². The Hall–Kier alpha value is -2.59. The zero-order valence-electron chi connectivity index (χ0n) is 12.7. The van der Waals surface area contributed by atoms with Gasteiger partial charge in [0, 0.05) is 30.2 Å². The molecule has 5 heteroatoms. The van der Waals surface area contributed by atoms with Crippen molar-refractivity contribution in [1.82, 2.24) is 14.3 Å². The summed E-state index contributed by atoms with van der Waals surface area (Å²) < 4.78 is 3.71. The summed E-state index contributed by atoms with van der Waals surface area (Å²) >= 11 is 6.10. The van der Waals surface area contributed by atoms with Crippen LogP contribution in [-0.2, 0) is 6.54 Å². The van der Waals surface area contributed by atoms with Crippen molar-refractivity contribution in [1.29, 1.82) is 0 Å². The van der Waals surface area contributed by atoms with Crippen LogP contribution < -0.4 is 0 Å². The number of ketones is 1. The molecule has 0 amide bonds. The number of aromatic nitrogens is 3. The van der Waals surface area contributed by atoms with Gasteiger partial charge < -0.3 is 4.57 Å². The van der Waals surface area contributed by atoms with Crippen LogP contribution in [0, 0.1) is 0 Å². The van der Waals surface area contributed by atoms with Gasteiger partial charge in [-0.3, -0.25) is 9.48 Å². The monoisotopic (exact) mass is 325 g/mol. The highest BCUT2D eigenvalue weighted by molar-refractivity contribution is 6.31. The predicted octanol–water partition coefficient (Wildman–Crippen LogP) is 4.24. The van der Waals surface area contributed by atoms with Gasteiger partial charge in [-0.25, -0.2) is 0 Å². The fourth-order valence-corrected chi connectivity index (χ4v) is 2.57. The SMILES string of the molecule is CCn1ncc(Cl)c1/C=C/C(=O)c1cccc(-n2cccc2)c1. The summed E-state index contributed by atoms with van der Waals surface area (Å²) in [6.45, 7) is 2.67. The molecule has 0 saturated carbocycles. The van der Waals surface area contributed by atoms with Crippen molar-refractivity contribution >= 4 is 23.5 Å². The minimum Gasteiger partial charge on any atom is -0.324 e. The number of carbonyl (C=O) groups is 1. The van der Waals surface area contributed by atoms with Crippen molar-refractivity contribution in [2.45, 2.75) is 13.5 Å². The number of aryl methyl sites for hydroxylation is 1. The lowest BCUT2D eigenvalue weighted by Crippen LogP contribution is -2.00. The highest BCUT2D eigenvalue weighted by Gasteiger charge is 2.07. The van der Waals surface area contributed by atoms with Gasteiger partial charge in [0.05, 0.1) is 16.9 Å². The lowest BCUT2D eigenvalue weighted by Gasteiger charge is -2.04. The summed E-state index contributed by atoms with van der Waals surface area (Å²) in [6.07, 6.45) is 8.72. The number of halogens is 1. The topological polar surface area (TPSA) is 39.8 Å². The van der Waals surface area contributed by atoms with E-state index in [9.17, 15) is 4.79 Å². The number of carbonyl (C=O) groups excluding carboxylic acids is 1. The first-order valence-corrected chi connectivity index (χ1v) is 7.74. The van der Waals surface area contributed by atoms with Crippen LogP contribution in [0.2, 0.25) is 5.02 Å². The molecule has 0 aliphatic carbocycles. The van der Waals surface area contributed by atoms with E-state index in [4.69, 9.17) is 11.6 Å². The third-order valence-corrected chi connectivity index (χ3v) is 3.85. The molecule has 0 bridgehead atoms. The van der Waals surface area contributed by atoms with Gasteiger partial charge in [-0.2, -0.15) is 5.10 Å². The quantitative estimate of drug-likeness (QED) is 0.520. The average molecular weight is 326 g/mol. The highest BCUT2D eigenvalue weighted by atomic mass is 35.5. The molecule has 2 aromatic heterocycles. The standard InChI is InChI=1S/C18H16ClN3O/c1-2-22-17(16(19)13-20-22)8-9-18(23)14-6-5-7-15(12-14)21-10-3-4-11-21/h3-13H,2H2,1H3/b9-8+. The number of nitrogens with zero attached hydrogens (tertiary/aromatic N) is 3. The maximum Gasteiger partial charge on any atom is 0.185 e. The summed E-state index contributed by atoms with van der Waals surface area (Å²) in [4.78, 5) is 12.4. The Kier molecular flexibility index (Phi) is 4.44. The molecule has 0 aliphatic rings. The van der Waals surface area contributed by atoms with E-state index < -0.39 is 0 Å². The van der Waals surface area contributed by atoms with E-state index in [1.165, 1.54) is 6.08 Å². The zero-order chi connectivity index (χ0) is 16.2. The Bertz CT molecular complexity index is 847. The van der Waals surface area contributed by atoms with E-state index >= 15 is 0 Å². The van der Waals surface area contributed by atoms with Crippen LogP contribution in [0.3, 0.4) is 0 Å². The molecule has 3 aromatic rings. The molecule has 0 spiro atoms. The molecule has 0 unspecified atom stereocenters. The maximum absolute atomic E-state index is 12.4. The van der Waals surface area contributed by atoms with Gasteiger partial charge in [0.25, 0.3) is 0 Å². The zero-order valence-corrected chi connectivity index (χ0v) is 13.4. The average Bonchev–Trinajstić information content (AvgIpc) is 3.22. The smallest absolute Gasteiger partial charge is 0.185 e. The molecule has 116 valence electrons. The van der Waals surface area contributed by atoms with Crippen molar-refractivity contribution in [2.24, 2.45) is 0 Å². The number of hydrogen-bond donors (Lipinski definition) is 0. The molecular formula is C18H16ClN3O. The normalized spacial score (nSPS) is 11.2. The summed E-state index contributed by atoms with van der Waals surface area (Å²) in [5.74, 6) is -0.0704. The van der Waals surface area contributed by atoms with Crippen LogP contribution in [-0.4, -0.2) is 20.1 Å². The molecule has 0 aliphatic heterocycles. The van der Waals surface area contributed by atoms with Gasteiger partial charge in [0.15, 0.2) is 5.78 Å². The third-order valence-electron chi connectivity index (χ3n) is 3.56. The Morgan fingerprint density at radius 2 is 2.04 bits per heavy atom. The first-order chi connectivity index (χ1) is 11.2. The number of benzene rings is 1. The third kappa shape index (κ3) is 3.27. The first kappa shape index (κ1) is 15.3. The fourth-order valence-electron chi connectivity index (χ4n) is 2.37. The van der Waals surface area contributed by atoms with Crippen LogP contribution in [0.25, 0.3) is 11.8 Å². The highest BCUT2D eigenvalue weighted by Crippen LogP contribution is 2.18. The van der Waals surface area contributed by atoms with E-state index in [1.54, 1.807) is 23.0 Å². The number of hydrogen-bond acceptors (Lipinski definition) is 2.